The highest BCUT2D eigenvalue weighted by Crippen LogP contribution is 2.25. The van der Waals surface area contributed by atoms with Gasteiger partial charge in [0.25, 0.3) is 0 Å². The first kappa shape index (κ1) is 13.1. The maximum absolute atomic E-state index is 5.31. The highest BCUT2D eigenvalue weighted by Gasteiger charge is 2.11. The molecule has 0 saturated carbocycles. The van der Waals surface area contributed by atoms with Crippen LogP contribution in [0.25, 0.3) is 11.3 Å². The van der Waals surface area contributed by atoms with Gasteiger partial charge in [0, 0.05) is 10.9 Å². The van der Waals surface area contributed by atoms with Gasteiger partial charge in [0.15, 0.2) is 0 Å². The van der Waals surface area contributed by atoms with E-state index in [1.165, 1.54) is 0 Å². The average molecular weight is 284 g/mol. The maximum Gasteiger partial charge on any atom is 0.117 e. The summed E-state index contributed by atoms with van der Waals surface area (Å²) in [7, 11) is 0. The largest absolute Gasteiger partial charge is 0.468 e. The van der Waals surface area contributed by atoms with Crippen LogP contribution in [0.5, 0.6) is 0 Å². The maximum atomic E-state index is 5.31. The topological polar surface area (TPSA) is 38.1 Å². The van der Waals surface area contributed by atoms with E-state index in [0.29, 0.717) is 6.54 Å². The highest BCUT2D eigenvalue weighted by atomic mass is 32.1. The summed E-state index contributed by atoms with van der Waals surface area (Å²) in [6, 6.07) is 14.3. The molecule has 0 aliphatic rings. The number of nitrogens with one attached hydrogen (secondary N) is 1. The Balaban J connectivity index is 1.67. The molecule has 0 saturated heterocycles. The quantitative estimate of drug-likeness (QED) is 0.761. The zero-order valence-electron chi connectivity index (χ0n) is 11.2. The number of nitrogens with zero attached hydrogens (tertiary/aromatic N) is 1. The van der Waals surface area contributed by atoms with Crippen molar-refractivity contribution in [1.29, 1.82) is 0 Å². The van der Waals surface area contributed by atoms with E-state index in [2.05, 4.69) is 29.8 Å². The van der Waals surface area contributed by atoms with E-state index < -0.39 is 0 Å². The van der Waals surface area contributed by atoms with Gasteiger partial charge in [0.1, 0.15) is 10.8 Å². The van der Waals surface area contributed by atoms with Crippen molar-refractivity contribution in [3.8, 4) is 11.3 Å². The van der Waals surface area contributed by atoms with Crippen LogP contribution in [0.2, 0.25) is 0 Å². The smallest absolute Gasteiger partial charge is 0.117 e. The molecular formula is C16H16N2OS. The van der Waals surface area contributed by atoms with E-state index in [0.717, 1.165) is 22.0 Å². The molecule has 2 aromatic heterocycles. The molecule has 3 aromatic rings. The van der Waals surface area contributed by atoms with Crippen LogP contribution in [0.4, 0.5) is 0 Å². The lowest BCUT2D eigenvalue weighted by Crippen LogP contribution is -2.17. The molecule has 0 radical (unpaired) electrons. The monoisotopic (exact) mass is 284 g/mol. The van der Waals surface area contributed by atoms with Crippen molar-refractivity contribution in [2.75, 3.05) is 0 Å². The molecule has 3 nitrogen and oxygen atoms in total. The highest BCUT2D eigenvalue weighted by molar-refractivity contribution is 7.10. The van der Waals surface area contributed by atoms with E-state index in [1.807, 2.05) is 30.3 Å². The van der Waals surface area contributed by atoms with E-state index in [-0.39, 0.29) is 6.04 Å². The third kappa shape index (κ3) is 2.98. The molecule has 0 amide bonds. The Kier molecular flexibility index (Phi) is 3.95. The average Bonchev–Trinajstić information content (AvgIpc) is 3.17. The molecule has 4 heteroatoms. The normalized spacial score (nSPS) is 12.4. The minimum Gasteiger partial charge on any atom is -0.468 e. The van der Waals surface area contributed by atoms with Gasteiger partial charge in [0.05, 0.1) is 24.5 Å². The second-order valence-electron chi connectivity index (χ2n) is 4.62. The van der Waals surface area contributed by atoms with Crippen molar-refractivity contribution in [2.24, 2.45) is 0 Å². The summed E-state index contributed by atoms with van der Waals surface area (Å²) in [5.41, 5.74) is 2.20. The molecule has 2 heterocycles. The fourth-order valence-electron chi connectivity index (χ4n) is 1.98. The third-order valence-corrected chi connectivity index (χ3v) is 4.15. The van der Waals surface area contributed by atoms with Gasteiger partial charge in [-0.3, -0.25) is 0 Å². The van der Waals surface area contributed by atoms with Crippen molar-refractivity contribution in [1.82, 2.24) is 10.3 Å². The number of rotatable bonds is 5. The predicted molar refractivity (Wildman–Crippen MR) is 81.5 cm³/mol. The van der Waals surface area contributed by atoms with Crippen LogP contribution in [0, 0.1) is 0 Å². The van der Waals surface area contributed by atoms with Crippen molar-refractivity contribution < 1.29 is 4.42 Å². The molecule has 1 atom stereocenters. The molecule has 1 N–H and O–H groups in total. The van der Waals surface area contributed by atoms with Gasteiger partial charge >= 0.3 is 0 Å². The van der Waals surface area contributed by atoms with Gasteiger partial charge in [0.2, 0.25) is 0 Å². The molecular weight excluding hydrogens is 268 g/mol. The van der Waals surface area contributed by atoms with Gasteiger partial charge in [-0.25, -0.2) is 4.98 Å². The summed E-state index contributed by atoms with van der Waals surface area (Å²) in [4.78, 5) is 4.71. The Morgan fingerprint density at radius 3 is 2.80 bits per heavy atom. The number of furan rings is 1. The van der Waals surface area contributed by atoms with Crippen molar-refractivity contribution in [2.45, 2.75) is 19.5 Å². The van der Waals surface area contributed by atoms with Crippen molar-refractivity contribution in [3.05, 3.63) is 64.9 Å². The Hall–Kier alpha value is -1.91. The fraction of sp³-hybridized carbons (Fsp3) is 0.188. The summed E-state index contributed by atoms with van der Waals surface area (Å²) in [6.45, 7) is 2.84. The predicted octanol–water partition coefficient (Wildman–Crippen LogP) is 4.25. The number of hydrogen-bond donors (Lipinski definition) is 1. The van der Waals surface area contributed by atoms with Gasteiger partial charge in [-0.05, 0) is 19.1 Å². The summed E-state index contributed by atoms with van der Waals surface area (Å²) >= 11 is 1.69. The van der Waals surface area contributed by atoms with Gasteiger partial charge in [-0.2, -0.15) is 0 Å². The van der Waals surface area contributed by atoms with Crippen LogP contribution in [0.1, 0.15) is 23.7 Å². The van der Waals surface area contributed by atoms with Crippen molar-refractivity contribution >= 4 is 11.3 Å². The van der Waals surface area contributed by atoms with Crippen LogP contribution < -0.4 is 5.32 Å². The van der Waals surface area contributed by atoms with E-state index in [4.69, 9.17) is 9.40 Å². The van der Waals surface area contributed by atoms with E-state index >= 15 is 0 Å². The molecule has 0 aliphatic heterocycles. The van der Waals surface area contributed by atoms with Crippen LogP contribution in [-0.4, -0.2) is 4.98 Å². The zero-order valence-corrected chi connectivity index (χ0v) is 12.1. The molecule has 0 unspecified atom stereocenters. The fourth-order valence-corrected chi connectivity index (χ4v) is 2.84. The second-order valence-corrected chi connectivity index (χ2v) is 5.51. The van der Waals surface area contributed by atoms with Crippen molar-refractivity contribution in [3.63, 3.8) is 0 Å². The second kappa shape index (κ2) is 6.03. The summed E-state index contributed by atoms with van der Waals surface area (Å²) < 4.78 is 5.31. The Labute approximate surface area is 122 Å². The lowest BCUT2D eigenvalue weighted by Gasteiger charge is -2.09. The first-order valence-corrected chi connectivity index (χ1v) is 7.47. The van der Waals surface area contributed by atoms with Crippen LogP contribution in [0.3, 0.4) is 0 Å². The zero-order chi connectivity index (χ0) is 13.8. The number of hydrogen-bond acceptors (Lipinski definition) is 4. The molecule has 0 spiro atoms. The van der Waals surface area contributed by atoms with Crippen LogP contribution in [0.15, 0.2) is 58.5 Å². The van der Waals surface area contributed by atoms with Crippen LogP contribution in [-0.2, 0) is 6.54 Å². The number of aromatic nitrogens is 1. The SMILES string of the molecule is C[C@@H](NCc1ccco1)c1nc(-c2ccccc2)cs1. The lowest BCUT2D eigenvalue weighted by molar-refractivity contribution is 0.460. The van der Waals surface area contributed by atoms with Gasteiger partial charge in [-0.1, -0.05) is 30.3 Å². The molecule has 102 valence electrons. The molecule has 0 aliphatic carbocycles. The summed E-state index contributed by atoms with van der Waals surface area (Å²) in [5, 5.41) is 6.62. The van der Waals surface area contributed by atoms with E-state index in [1.54, 1.807) is 17.6 Å². The Morgan fingerprint density at radius 1 is 1.20 bits per heavy atom. The molecule has 0 fully saturated rings. The van der Waals surface area contributed by atoms with E-state index in [9.17, 15) is 0 Å². The molecule has 1 aromatic carbocycles. The Bertz CT molecular complexity index is 646. The molecule has 3 rings (SSSR count). The first-order chi connectivity index (χ1) is 9.83. The van der Waals surface area contributed by atoms with Gasteiger partial charge in [-0.15, -0.1) is 11.3 Å². The molecule has 0 bridgehead atoms. The number of benzene rings is 1. The summed E-state index contributed by atoms with van der Waals surface area (Å²) in [5.74, 6) is 0.941. The Morgan fingerprint density at radius 2 is 2.05 bits per heavy atom. The lowest BCUT2D eigenvalue weighted by atomic mass is 10.2. The molecule has 20 heavy (non-hydrogen) atoms. The summed E-state index contributed by atoms with van der Waals surface area (Å²) in [6.07, 6.45) is 1.69. The number of thiazole rings is 1. The standard InChI is InChI=1S/C16H16N2OS/c1-12(17-10-14-8-5-9-19-14)16-18-15(11-20-16)13-6-3-2-4-7-13/h2-9,11-12,17H,10H2,1H3/t12-/m1/s1. The minimum absolute atomic E-state index is 0.211. The minimum atomic E-state index is 0.211. The van der Waals surface area contributed by atoms with Gasteiger partial charge < -0.3 is 9.73 Å². The third-order valence-electron chi connectivity index (χ3n) is 3.12. The van der Waals surface area contributed by atoms with Crippen LogP contribution >= 0.6 is 11.3 Å². The first-order valence-electron chi connectivity index (χ1n) is 6.59.